The number of carbonyl (C=O) groups excluding carboxylic acids is 1. The van der Waals surface area contributed by atoms with Crippen molar-refractivity contribution in [2.24, 2.45) is 5.92 Å². The summed E-state index contributed by atoms with van der Waals surface area (Å²) in [5.41, 5.74) is 0.162. The first kappa shape index (κ1) is 16.3. The molecular weight excluding hydrogens is 327 g/mol. The van der Waals surface area contributed by atoms with E-state index in [0.29, 0.717) is 10.9 Å². The Morgan fingerprint density at radius 1 is 1.33 bits per heavy atom. The molecule has 1 atom stereocenters. The lowest BCUT2D eigenvalue weighted by molar-refractivity contribution is 0.0928. The minimum atomic E-state index is -0.304. The molecule has 0 aromatic carbocycles. The van der Waals surface area contributed by atoms with Crippen LogP contribution >= 0.6 is 34.5 Å². The molecule has 3 nitrogen and oxygen atoms in total. The van der Waals surface area contributed by atoms with Gasteiger partial charge in [0.15, 0.2) is 0 Å². The molecule has 112 valence electrons. The molecule has 0 saturated heterocycles. The maximum absolute atomic E-state index is 12.4. The summed E-state index contributed by atoms with van der Waals surface area (Å²) in [5, 5.41) is 5.55. The van der Waals surface area contributed by atoms with Gasteiger partial charge >= 0.3 is 0 Å². The molecule has 2 aromatic heterocycles. The molecule has 0 fully saturated rings. The molecule has 0 saturated carbocycles. The van der Waals surface area contributed by atoms with E-state index in [1.165, 1.54) is 0 Å². The zero-order valence-corrected chi connectivity index (χ0v) is 14.1. The molecule has 2 rings (SSSR count). The van der Waals surface area contributed by atoms with Gasteiger partial charge in [0.05, 0.1) is 11.1 Å². The van der Waals surface area contributed by atoms with Gasteiger partial charge in [-0.05, 0) is 35.9 Å². The lowest BCUT2D eigenvalue weighted by Gasteiger charge is -2.19. The van der Waals surface area contributed by atoms with Gasteiger partial charge in [0.25, 0.3) is 5.91 Å². The second-order valence-electron chi connectivity index (χ2n) is 5.14. The highest BCUT2D eigenvalue weighted by molar-refractivity contribution is 7.10. The number of pyridine rings is 1. The molecule has 1 unspecified atom stereocenters. The SMILES string of the molecule is CC(C)CC(NC(=O)c1nc(Cl)ccc1Cl)c1cccs1. The maximum Gasteiger partial charge on any atom is 0.272 e. The van der Waals surface area contributed by atoms with Crippen LogP contribution in [0.2, 0.25) is 10.2 Å². The van der Waals surface area contributed by atoms with Crippen LogP contribution in [0.1, 0.15) is 41.7 Å². The van der Waals surface area contributed by atoms with Gasteiger partial charge < -0.3 is 5.32 Å². The van der Waals surface area contributed by atoms with E-state index in [0.717, 1.165) is 11.3 Å². The number of halogens is 2. The van der Waals surface area contributed by atoms with Gasteiger partial charge in [-0.3, -0.25) is 4.79 Å². The summed E-state index contributed by atoms with van der Waals surface area (Å²) in [6.45, 7) is 4.24. The third-order valence-electron chi connectivity index (χ3n) is 2.93. The monoisotopic (exact) mass is 342 g/mol. The molecular formula is C15H16Cl2N2OS. The van der Waals surface area contributed by atoms with Crippen molar-refractivity contribution in [2.75, 3.05) is 0 Å². The van der Waals surface area contributed by atoms with Gasteiger partial charge in [0.2, 0.25) is 0 Å². The normalized spacial score (nSPS) is 12.4. The van der Waals surface area contributed by atoms with Crippen molar-refractivity contribution in [3.05, 3.63) is 50.4 Å². The minimum Gasteiger partial charge on any atom is -0.343 e. The summed E-state index contributed by atoms with van der Waals surface area (Å²) < 4.78 is 0. The Morgan fingerprint density at radius 2 is 2.10 bits per heavy atom. The highest BCUT2D eigenvalue weighted by Gasteiger charge is 2.20. The van der Waals surface area contributed by atoms with Crippen LogP contribution in [0.3, 0.4) is 0 Å². The Hall–Kier alpha value is -1.10. The molecule has 0 radical (unpaired) electrons. The van der Waals surface area contributed by atoms with Crippen molar-refractivity contribution in [2.45, 2.75) is 26.3 Å². The molecule has 2 aromatic rings. The Bertz CT molecular complexity index is 614. The zero-order chi connectivity index (χ0) is 15.4. The first-order chi connectivity index (χ1) is 9.97. The molecule has 21 heavy (non-hydrogen) atoms. The molecule has 2 heterocycles. The summed E-state index contributed by atoms with van der Waals surface area (Å²) in [7, 11) is 0. The third-order valence-corrected chi connectivity index (χ3v) is 4.43. The number of hydrogen-bond donors (Lipinski definition) is 1. The number of thiophene rings is 1. The smallest absolute Gasteiger partial charge is 0.272 e. The summed E-state index contributed by atoms with van der Waals surface area (Å²) >= 11 is 13.5. The number of aromatic nitrogens is 1. The Morgan fingerprint density at radius 3 is 2.71 bits per heavy atom. The lowest BCUT2D eigenvalue weighted by Crippen LogP contribution is -2.30. The van der Waals surface area contributed by atoms with Crippen molar-refractivity contribution in [3.63, 3.8) is 0 Å². The molecule has 6 heteroatoms. The minimum absolute atomic E-state index is 0.0469. The fourth-order valence-corrected chi connectivity index (χ4v) is 3.14. The average molecular weight is 343 g/mol. The van der Waals surface area contributed by atoms with Crippen LogP contribution in [0.25, 0.3) is 0 Å². The number of carbonyl (C=O) groups is 1. The number of nitrogens with one attached hydrogen (secondary N) is 1. The first-order valence-corrected chi connectivity index (χ1v) is 8.27. The van der Waals surface area contributed by atoms with Crippen LogP contribution in [-0.2, 0) is 0 Å². The predicted octanol–water partition coefficient (Wildman–Crippen LogP) is 4.97. The van der Waals surface area contributed by atoms with E-state index in [-0.39, 0.29) is 22.8 Å². The second kappa shape index (κ2) is 7.25. The van der Waals surface area contributed by atoms with E-state index in [9.17, 15) is 4.79 Å². The fourth-order valence-electron chi connectivity index (χ4n) is 2.01. The Kier molecular flexibility index (Phi) is 5.62. The van der Waals surface area contributed by atoms with E-state index >= 15 is 0 Å². The van der Waals surface area contributed by atoms with Crippen LogP contribution in [0.15, 0.2) is 29.6 Å². The summed E-state index contributed by atoms with van der Waals surface area (Å²) in [6, 6.07) is 7.09. The van der Waals surface area contributed by atoms with Crippen molar-refractivity contribution in [1.82, 2.24) is 10.3 Å². The van der Waals surface area contributed by atoms with Gasteiger partial charge in [-0.15, -0.1) is 11.3 Å². The van der Waals surface area contributed by atoms with Gasteiger partial charge in [-0.1, -0.05) is 43.1 Å². The quantitative estimate of drug-likeness (QED) is 0.779. The average Bonchev–Trinajstić information content (AvgIpc) is 2.94. The van der Waals surface area contributed by atoms with E-state index in [1.54, 1.807) is 23.5 Å². The topological polar surface area (TPSA) is 42.0 Å². The Balaban J connectivity index is 2.20. The van der Waals surface area contributed by atoms with E-state index in [1.807, 2.05) is 17.5 Å². The van der Waals surface area contributed by atoms with E-state index < -0.39 is 0 Å². The van der Waals surface area contributed by atoms with Gasteiger partial charge in [0, 0.05) is 4.88 Å². The fraction of sp³-hybridized carbons (Fsp3) is 0.333. The number of rotatable bonds is 5. The Labute approximate surface area is 138 Å². The van der Waals surface area contributed by atoms with E-state index in [2.05, 4.69) is 24.1 Å². The number of nitrogens with zero attached hydrogens (tertiary/aromatic N) is 1. The van der Waals surface area contributed by atoms with Gasteiger partial charge in [-0.2, -0.15) is 0 Å². The van der Waals surface area contributed by atoms with Crippen LogP contribution in [0, 0.1) is 5.92 Å². The summed E-state index contributed by atoms with van der Waals surface area (Å²) in [5.74, 6) is 0.154. The number of amides is 1. The molecule has 0 aliphatic rings. The van der Waals surface area contributed by atoms with Crippen LogP contribution in [0.4, 0.5) is 0 Å². The maximum atomic E-state index is 12.4. The standard InChI is InChI=1S/C15H16Cl2N2OS/c1-9(2)8-11(12-4-3-7-21-12)18-15(20)14-10(16)5-6-13(17)19-14/h3-7,9,11H,8H2,1-2H3,(H,18,20). The molecule has 0 bridgehead atoms. The zero-order valence-electron chi connectivity index (χ0n) is 11.8. The van der Waals surface area contributed by atoms with Gasteiger partial charge in [0.1, 0.15) is 10.8 Å². The van der Waals surface area contributed by atoms with Crippen molar-refractivity contribution in [1.29, 1.82) is 0 Å². The third kappa shape index (κ3) is 4.43. The predicted molar refractivity (Wildman–Crippen MR) is 88.2 cm³/mol. The molecule has 0 spiro atoms. The molecule has 1 amide bonds. The second-order valence-corrected chi connectivity index (χ2v) is 6.91. The van der Waals surface area contributed by atoms with Crippen molar-refractivity contribution >= 4 is 40.4 Å². The largest absolute Gasteiger partial charge is 0.343 e. The van der Waals surface area contributed by atoms with Crippen LogP contribution in [-0.4, -0.2) is 10.9 Å². The summed E-state index contributed by atoms with van der Waals surface area (Å²) in [6.07, 6.45) is 0.852. The number of hydrogen-bond acceptors (Lipinski definition) is 3. The highest BCUT2D eigenvalue weighted by atomic mass is 35.5. The molecule has 0 aliphatic carbocycles. The highest BCUT2D eigenvalue weighted by Crippen LogP contribution is 2.26. The van der Waals surface area contributed by atoms with Gasteiger partial charge in [-0.25, -0.2) is 4.98 Å². The van der Waals surface area contributed by atoms with Crippen molar-refractivity contribution in [3.8, 4) is 0 Å². The first-order valence-electron chi connectivity index (χ1n) is 6.63. The lowest BCUT2D eigenvalue weighted by atomic mass is 10.0. The van der Waals surface area contributed by atoms with Crippen LogP contribution < -0.4 is 5.32 Å². The summed E-state index contributed by atoms with van der Waals surface area (Å²) in [4.78, 5) is 17.5. The van der Waals surface area contributed by atoms with Crippen LogP contribution in [0.5, 0.6) is 0 Å². The molecule has 1 N–H and O–H groups in total. The molecule has 0 aliphatic heterocycles. The van der Waals surface area contributed by atoms with Crippen molar-refractivity contribution < 1.29 is 4.79 Å². The van der Waals surface area contributed by atoms with E-state index in [4.69, 9.17) is 23.2 Å².